The van der Waals surface area contributed by atoms with Crippen LogP contribution in [-0.2, 0) is 0 Å². The highest BCUT2D eigenvalue weighted by Crippen LogP contribution is 2.09. The number of amides is 1. The minimum Gasteiger partial charge on any atom is -0.333 e. The quantitative estimate of drug-likeness (QED) is 0.740. The van der Waals surface area contributed by atoms with Crippen LogP contribution in [0.15, 0.2) is 24.3 Å². The first-order valence-electron chi connectivity index (χ1n) is 6.31. The third kappa shape index (κ3) is 2.39. The molecule has 1 amide bonds. The lowest BCUT2D eigenvalue weighted by Crippen LogP contribution is -2.47. The summed E-state index contributed by atoms with van der Waals surface area (Å²) in [5.41, 5.74) is 1.41. The van der Waals surface area contributed by atoms with Gasteiger partial charge in [-0.25, -0.2) is 4.98 Å². The Kier molecular flexibility index (Phi) is 3.08. The average Bonchev–Trinajstić information content (AvgIpc) is 2.47. The second-order valence-corrected chi connectivity index (χ2v) is 4.72. The summed E-state index contributed by atoms with van der Waals surface area (Å²) in [5.74, 6) is 0.0506. The lowest BCUT2D eigenvalue weighted by atomic mass is 10.3. The standard InChI is InChI=1S/C13H15N5O/c1-17-6-8-18(9-7-17)13(19)12-14-10-4-2-3-5-11(10)15-16-12/h2-5H,6-9H2,1H3. The molecular weight excluding hydrogens is 242 g/mol. The summed E-state index contributed by atoms with van der Waals surface area (Å²) in [4.78, 5) is 20.6. The van der Waals surface area contributed by atoms with Gasteiger partial charge in [0.1, 0.15) is 5.52 Å². The van der Waals surface area contributed by atoms with Crippen molar-refractivity contribution in [3.05, 3.63) is 30.1 Å². The van der Waals surface area contributed by atoms with Gasteiger partial charge in [-0.2, -0.15) is 0 Å². The number of hydrogen-bond acceptors (Lipinski definition) is 5. The number of rotatable bonds is 1. The third-order valence-corrected chi connectivity index (χ3v) is 3.34. The SMILES string of the molecule is CN1CCN(C(=O)c2nnc3ccccc3n2)CC1. The molecule has 6 heteroatoms. The lowest BCUT2D eigenvalue weighted by molar-refractivity contribution is 0.0651. The maximum atomic E-state index is 12.3. The first-order chi connectivity index (χ1) is 9.24. The van der Waals surface area contributed by atoms with Gasteiger partial charge < -0.3 is 9.80 Å². The number of fused-ring (bicyclic) bond motifs is 1. The largest absolute Gasteiger partial charge is 0.333 e. The van der Waals surface area contributed by atoms with Gasteiger partial charge in [-0.3, -0.25) is 4.79 Å². The van der Waals surface area contributed by atoms with E-state index >= 15 is 0 Å². The maximum Gasteiger partial charge on any atom is 0.293 e. The zero-order chi connectivity index (χ0) is 13.2. The number of carbonyl (C=O) groups excluding carboxylic acids is 1. The summed E-state index contributed by atoms with van der Waals surface area (Å²) in [6.07, 6.45) is 0. The van der Waals surface area contributed by atoms with Gasteiger partial charge in [-0.05, 0) is 19.2 Å². The highest BCUT2D eigenvalue weighted by atomic mass is 16.2. The van der Waals surface area contributed by atoms with E-state index in [1.807, 2.05) is 24.3 Å². The summed E-state index contributed by atoms with van der Waals surface area (Å²) < 4.78 is 0. The number of para-hydroxylation sites is 1. The Labute approximate surface area is 111 Å². The molecule has 1 aliphatic heterocycles. The Morgan fingerprint density at radius 1 is 1.05 bits per heavy atom. The molecule has 1 saturated heterocycles. The van der Waals surface area contributed by atoms with Crippen molar-refractivity contribution < 1.29 is 4.79 Å². The number of carbonyl (C=O) groups is 1. The van der Waals surface area contributed by atoms with Crippen LogP contribution in [0.25, 0.3) is 11.0 Å². The van der Waals surface area contributed by atoms with Gasteiger partial charge in [0.2, 0.25) is 5.82 Å². The van der Waals surface area contributed by atoms with Gasteiger partial charge in [0.15, 0.2) is 0 Å². The van der Waals surface area contributed by atoms with E-state index < -0.39 is 0 Å². The number of likely N-dealkylation sites (N-methyl/N-ethyl adjacent to an activating group) is 1. The van der Waals surface area contributed by atoms with Crippen LogP contribution >= 0.6 is 0 Å². The van der Waals surface area contributed by atoms with Gasteiger partial charge in [0.25, 0.3) is 5.91 Å². The molecule has 0 bridgehead atoms. The zero-order valence-electron chi connectivity index (χ0n) is 10.8. The fraction of sp³-hybridized carbons (Fsp3) is 0.385. The molecule has 1 aromatic carbocycles. The molecule has 0 aliphatic carbocycles. The smallest absolute Gasteiger partial charge is 0.293 e. The molecule has 0 radical (unpaired) electrons. The predicted molar refractivity (Wildman–Crippen MR) is 70.7 cm³/mol. The third-order valence-electron chi connectivity index (χ3n) is 3.34. The van der Waals surface area contributed by atoms with Crippen LogP contribution in [0.5, 0.6) is 0 Å². The lowest BCUT2D eigenvalue weighted by Gasteiger charge is -2.31. The molecule has 0 saturated carbocycles. The minimum absolute atomic E-state index is 0.133. The molecule has 1 fully saturated rings. The van der Waals surface area contributed by atoms with Crippen molar-refractivity contribution in [2.45, 2.75) is 0 Å². The molecule has 19 heavy (non-hydrogen) atoms. The van der Waals surface area contributed by atoms with Gasteiger partial charge in [0, 0.05) is 26.2 Å². The van der Waals surface area contributed by atoms with E-state index in [0.29, 0.717) is 24.1 Å². The highest BCUT2D eigenvalue weighted by Gasteiger charge is 2.22. The zero-order valence-corrected chi connectivity index (χ0v) is 10.8. The van der Waals surface area contributed by atoms with Crippen LogP contribution in [0, 0.1) is 0 Å². The summed E-state index contributed by atoms with van der Waals surface area (Å²) in [5, 5.41) is 7.98. The Hall–Kier alpha value is -2.08. The van der Waals surface area contributed by atoms with Gasteiger partial charge >= 0.3 is 0 Å². The predicted octanol–water partition coefficient (Wildman–Crippen LogP) is 0.412. The Morgan fingerprint density at radius 3 is 2.47 bits per heavy atom. The van der Waals surface area contributed by atoms with E-state index in [-0.39, 0.29) is 11.7 Å². The van der Waals surface area contributed by atoms with E-state index in [1.165, 1.54) is 0 Å². The molecule has 2 aromatic rings. The van der Waals surface area contributed by atoms with Crippen molar-refractivity contribution >= 4 is 16.9 Å². The van der Waals surface area contributed by atoms with E-state index in [0.717, 1.165) is 13.1 Å². The second-order valence-electron chi connectivity index (χ2n) is 4.72. The second kappa shape index (κ2) is 4.89. The normalized spacial score (nSPS) is 16.8. The molecule has 6 nitrogen and oxygen atoms in total. The average molecular weight is 257 g/mol. The molecule has 0 atom stereocenters. The van der Waals surface area contributed by atoms with Crippen molar-refractivity contribution in [1.82, 2.24) is 25.0 Å². The number of benzene rings is 1. The Morgan fingerprint density at radius 2 is 1.74 bits per heavy atom. The molecule has 2 heterocycles. The molecule has 1 aromatic heterocycles. The van der Waals surface area contributed by atoms with Crippen LogP contribution in [0.2, 0.25) is 0 Å². The van der Waals surface area contributed by atoms with E-state index in [1.54, 1.807) is 4.90 Å². The number of hydrogen-bond donors (Lipinski definition) is 0. The first-order valence-corrected chi connectivity index (χ1v) is 6.31. The topological polar surface area (TPSA) is 62.2 Å². The summed E-state index contributed by atoms with van der Waals surface area (Å²) in [6, 6.07) is 7.42. The van der Waals surface area contributed by atoms with Crippen molar-refractivity contribution in [1.29, 1.82) is 0 Å². The molecule has 0 unspecified atom stereocenters. The van der Waals surface area contributed by atoms with Gasteiger partial charge in [-0.15, -0.1) is 10.2 Å². The summed E-state index contributed by atoms with van der Waals surface area (Å²) in [7, 11) is 2.05. The van der Waals surface area contributed by atoms with E-state index in [9.17, 15) is 4.79 Å². The van der Waals surface area contributed by atoms with Crippen LogP contribution < -0.4 is 0 Å². The molecule has 0 spiro atoms. The minimum atomic E-state index is -0.133. The van der Waals surface area contributed by atoms with Crippen molar-refractivity contribution in [2.24, 2.45) is 0 Å². The van der Waals surface area contributed by atoms with Gasteiger partial charge in [-0.1, -0.05) is 12.1 Å². The molecule has 1 aliphatic rings. The van der Waals surface area contributed by atoms with Crippen LogP contribution in [0.3, 0.4) is 0 Å². The molecule has 3 rings (SSSR count). The fourth-order valence-corrected chi connectivity index (χ4v) is 2.12. The highest BCUT2D eigenvalue weighted by molar-refractivity contribution is 5.92. The molecular formula is C13H15N5O. The molecule has 0 N–H and O–H groups in total. The first kappa shape index (κ1) is 12.0. The number of piperazine rings is 1. The monoisotopic (exact) mass is 257 g/mol. The number of aromatic nitrogens is 3. The van der Waals surface area contributed by atoms with Crippen molar-refractivity contribution in [3.8, 4) is 0 Å². The van der Waals surface area contributed by atoms with Crippen LogP contribution in [0.1, 0.15) is 10.6 Å². The fourth-order valence-electron chi connectivity index (χ4n) is 2.12. The molecule has 98 valence electrons. The van der Waals surface area contributed by atoms with Crippen molar-refractivity contribution in [2.75, 3.05) is 33.2 Å². The maximum absolute atomic E-state index is 12.3. The Balaban J connectivity index is 1.85. The van der Waals surface area contributed by atoms with E-state index in [2.05, 4.69) is 27.1 Å². The summed E-state index contributed by atoms with van der Waals surface area (Å²) in [6.45, 7) is 3.19. The van der Waals surface area contributed by atoms with Crippen LogP contribution in [0.4, 0.5) is 0 Å². The Bertz CT molecular complexity index is 607. The van der Waals surface area contributed by atoms with Crippen molar-refractivity contribution in [3.63, 3.8) is 0 Å². The van der Waals surface area contributed by atoms with Crippen LogP contribution in [-0.4, -0.2) is 64.1 Å². The number of nitrogens with zero attached hydrogens (tertiary/aromatic N) is 5. The van der Waals surface area contributed by atoms with E-state index in [4.69, 9.17) is 0 Å². The summed E-state index contributed by atoms with van der Waals surface area (Å²) >= 11 is 0. The van der Waals surface area contributed by atoms with Gasteiger partial charge in [0.05, 0.1) is 5.52 Å².